The lowest BCUT2D eigenvalue weighted by molar-refractivity contribution is -0.141. The fraction of sp³-hybridized carbons (Fsp3) is 0.316. The van der Waals surface area contributed by atoms with Crippen LogP contribution in [-0.4, -0.2) is 34.3 Å². The molecule has 1 unspecified atom stereocenters. The molecule has 0 saturated carbocycles. The normalized spacial score (nSPS) is 13.8. The molecule has 5 aromatic heterocycles. The molecule has 0 saturated heterocycles. The zero-order valence-corrected chi connectivity index (χ0v) is 17.6. The van der Waals surface area contributed by atoms with Crippen molar-refractivity contribution in [2.45, 2.75) is 39.4 Å². The molecule has 0 radical (unpaired) electrons. The summed E-state index contributed by atoms with van der Waals surface area (Å²) in [6.45, 7) is 4.96. The van der Waals surface area contributed by atoms with E-state index in [1.807, 2.05) is 0 Å². The Morgan fingerprint density at radius 1 is 1.06 bits per heavy atom. The fourth-order valence-electron chi connectivity index (χ4n) is 3.67. The standard InChI is InChI=1S/C19H14F5N7S/c1-7-4-11(19(22,23)24)26-18-12(7)13-14(32-18)17-27-16(29-30(17)6-25-13)9(3)31-8(2)5-10(28-31)15(20)21/h4-6,9,15H,1-3H3. The molecule has 7 nitrogen and oxygen atoms in total. The Labute approximate surface area is 180 Å². The molecule has 5 rings (SSSR count). The number of fused-ring (bicyclic) bond motifs is 5. The maximum atomic E-state index is 13.2. The summed E-state index contributed by atoms with van der Waals surface area (Å²) < 4.78 is 68.9. The molecule has 0 fully saturated rings. The molecule has 0 amide bonds. The molecule has 5 aromatic rings. The molecule has 0 aliphatic carbocycles. The van der Waals surface area contributed by atoms with E-state index in [1.165, 1.54) is 21.6 Å². The smallest absolute Gasteiger partial charge is 0.259 e. The predicted molar refractivity (Wildman–Crippen MR) is 107 cm³/mol. The van der Waals surface area contributed by atoms with Crippen molar-refractivity contribution >= 4 is 37.4 Å². The average Bonchev–Trinajstić information content (AvgIpc) is 3.40. The molecule has 5 heterocycles. The van der Waals surface area contributed by atoms with Crippen LogP contribution < -0.4 is 0 Å². The fourth-order valence-corrected chi connectivity index (χ4v) is 4.85. The van der Waals surface area contributed by atoms with E-state index in [9.17, 15) is 22.0 Å². The number of pyridine rings is 1. The molecule has 0 bridgehead atoms. The Morgan fingerprint density at radius 2 is 1.81 bits per heavy atom. The number of alkyl halides is 5. The first-order valence-electron chi connectivity index (χ1n) is 9.41. The highest BCUT2D eigenvalue weighted by Gasteiger charge is 2.34. The Hall–Kier alpha value is -3.22. The maximum Gasteiger partial charge on any atom is 0.433 e. The summed E-state index contributed by atoms with van der Waals surface area (Å²) in [5.41, 5.74) is 0.504. The van der Waals surface area contributed by atoms with Gasteiger partial charge in [0.15, 0.2) is 11.5 Å². The minimum absolute atomic E-state index is 0.204. The third-order valence-corrected chi connectivity index (χ3v) is 6.25. The first kappa shape index (κ1) is 20.7. The summed E-state index contributed by atoms with van der Waals surface area (Å²) >= 11 is 1.05. The van der Waals surface area contributed by atoms with Gasteiger partial charge in [0.1, 0.15) is 33.3 Å². The van der Waals surface area contributed by atoms with Gasteiger partial charge in [-0.3, -0.25) is 4.68 Å². The van der Waals surface area contributed by atoms with Crippen LogP contribution in [0, 0.1) is 13.8 Å². The van der Waals surface area contributed by atoms with Gasteiger partial charge in [0.05, 0.1) is 5.52 Å². The molecule has 0 spiro atoms. The maximum absolute atomic E-state index is 13.2. The van der Waals surface area contributed by atoms with Crippen LogP contribution >= 0.6 is 11.3 Å². The highest BCUT2D eigenvalue weighted by atomic mass is 32.1. The van der Waals surface area contributed by atoms with Gasteiger partial charge in [0.25, 0.3) is 6.43 Å². The Morgan fingerprint density at radius 3 is 2.47 bits per heavy atom. The van der Waals surface area contributed by atoms with Gasteiger partial charge in [0.2, 0.25) is 0 Å². The highest BCUT2D eigenvalue weighted by Crippen LogP contribution is 2.38. The van der Waals surface area contributed by atoms with Gasteiger partial charge in [-0.15, -0.1) is 16.4 Å². The molecule has 0 aliphatic rings. The van der Waals surface area contributed by atoms with Crippen LogP contribution in [0.1, 0.15) is 47.9 Å². The van der Waals surface area contributed by atoms with Gasteiger partial charge in [-0.05, 0) is 38.5 Å². The number of rotatable bonds is 3. The van der Waals surface area contributed by atoms with Crippen molar-refractivity contribution < 1.29 is 22.0 Å². The second-order valence-corrected chi connectivity index (χ2v) is 8.40. The molecule has 1 atom stereocenters. The van der Waals surface area contributed by atoms with E-state index in [0.717, 1.165) is 17.4 Å². The number of aromatic nitrogens is 7. The third-order valence-electron chi connectivity index (χ3n) is 5.18. The van der Waals surface area contributed by atoms with Gasteiger partial charge in [0, 0.05) is 11.1 Å². The predicted octanol–water partition coefficient (Wildman–Crippen LogP) is 5.27. The highest BCUT2D eigenvalue weighted by molar-refractivity contribution is 7.26. The molecule has 32 heavy (non-hydrogen) atoms. The van der Waals surface area contributed by atoms with Gasteiger partial charge < -0.3 is 0 Å². The lowest BCUT2D eigenvalue weighted by Crippen LogP contribution is -2.12. The van der Waals surface area contributed by atoms with E-state index in [4.69, 9.17) is 0 Å². The number of thiophene rings is 1. The number of aryl methyl sites for hydroxylation is 2. The number of nitrogens with zero attached hydrogens (tertiary/aromatic N) is 7. The summed E-state index contributed by atoms with van der Waals surface area (Å²) in [5, 5.41) is 8.86. The quantitative estimate of drug-likeness (QED) is 0.338. The number of hydrogen-bond acceptors (Lipinski definition) is 6. The van der Waals surface area contributed by atoms with Gasteiger partial charge in [-0.1, -0.05) is 0 Å². The van der Waals surface area contributed by atoms with Crippen molar-refractivity contribution in [2.24, 2.45) is 0 Å². The van der Waals surface area contributed by atoms with Gasteiger partial charge in [-0.2, -0.15) is 18.3 Å². The van der Waals surface area contributed by atoms with Crippen molar-refractivity contribution in [2.75, 3.05) is 0 Å². The Kier molecular flexibility index (Phi) is 4.45. The molecular formula is C19H14F5N7S. The number of halogens is 5. The van der Waals surface area contributed by atoms with Crippen molar-refractivity contribution in [3.63, 3.8) is 0 Å². The molecule has 0 N–H and O–H groups in total. The van der Waals surface area contributed by atoms with Crippen molar-refractivity contribution in [1.82, 2.24) is 34.3 Å². The molecular weight excluding hydrogens is 453 g/mol. The second kappa shape index (κ2) is 6.89. The third kappa shape index (κ3) is 3.10. The van der Waals surface area contributed by atoms with E-state index < -0.39 is 24.3 Å². The van der Waals surface area contributed by atoms with E-state index in [2.05, 4.69) is 25.1 Å². The van der Waals surface area contributed by atoms with Crippen LogP contribution in [0.4, 0.5) is 22.0 Å². The van der Waals surface area contributed by atoms with Gasteiger partial charge in [-0.25, -0.2) is 28.2 Å². The van der Waals surface area contributed by atoms with E-state index in [0.29, 0.717) is 38.3 Å². The average molecular weight is 467 g/mol. The molecule has 0 aliphatic heterocycles. The van der Waals surface area contributed by atoms with Crippen LogP contribution in [0.3, 0.4) is 0 Å². The topological polar surface area (TPSA) is 73.8 Å². The van der Waals surface area contributed by atoms with Crippen LogP contribution in [-0.2, 0) is 6.18 Å². The van der Waals surface area contributed by atoms with Crippen LogP contribution in [0.15, 0.2) is 18.5 Å². The SMILES string of the molecule is Cc1cc(C(F)(F)F)nc2sc3c(ncn4nc(C(C)n5nc(C(F)F)cc5C)nc34)c12. The van der Waals surface area contributed by atoms with Crippen LogP contribution in [0.2, 0.25) is 0 Å². The van der Waals surface area contributed by atoms with E-state index in [-0.39, 0.29) is 10.5 Å². The van der Waals surface area contributed by atoms with Crippen molar-refractivity contribution in [3.05, 3.63) is 46.9 Å². The summed E-state index contributed by atoms with van der Waals surface area (Å²) in [7, 11) is 0. The summed E-state index contributed by atoms with van der Waals surface area (Å²) in [6.07, 6.45) is -5.84. The van der Waals surface area contributed by atoms with Crippen LogP contribution in [0.25, 0.3) is 26.1 Å². The largest absolute Gasteiger partial charge is 0.433 e. The van der Waals surface area contributed by atoms with E-state index >= 15 is 0 Å². The summed E-state index contributed by atoms with van der Waals surface area (Å²) in [6, 6.07) is 1.75. The Bertz CT molecular complexity index is 1500. The first-order valence-corrected chi connectivity index (χ1v) is 10.2. The monoisotopic (exact) mass is 467 g/mol. The van der Waals surface area contributed by atoms with Crippen LogP contribution in [0.5, 0.6) is 0 Å². The summed E-state index contributed by atoms with van der Waals surface area (Å²) in [4.78, 5) is 12.9. The molecule has 0 aromatic carbocycles. The lowest BCUT2D eigenvalue weighted by Gasteiger charge is -2.10. The lowest BCUT2D eigenvalue weighted by atomic mass is 10.1. The first-order chi connectivity index (χ1) is 15.0. The molecule has 166 valence electrons. The zero-order valence-electron chi connectivity index (χ0n) is 16.8. The minimum Gasteiger partial charge on any atom is -0.259 e. The zero-order chi connectivity index (χ0) is 22.9. The van der Waals surface area contributed by atoms with Gasteiger partial charge >= 0.3 is 6.18 Å². The Balaban J connectivity index is 1.68. The van der Waals surface area contributed by atoms with E-state index in [1.54, 1.807) is 20.8 Å². The second-order valence-electron chi connectivity index (χ2n) is 7.40. The molecule has 13 heteroatoms. The van der Waals surface area contributed by atoms with Crippen molar-refractivity contribution in [1.29, 1.82) is 0 Å². The number of hydrogen-bond donors (Lipinski definition) is 0. The van der Waals surface area contributed by atoms with Crippen molar-refractivity contribution in [3.8, 4) is 0 Å². The minimum atomic E-state index is -4.56. The summed E-state index contributed by atoms with van der Waals surface area (Å²) in [5.74, 6) is 0.310.